The first-order valence-electron chi connectivity index (χ1n) is 6.80. The molecule has 0 aliphatic carbocycles. The van der Waals surface area contributed by atoms with Crippen molar-refractivity contribution in [1.82, 2.24) is 4.90 Å². The zero-order valence-electron chi connectivity index (χ0n) is 11.2. The number of amides is 1. The summed E-state index contributed by atoms with van der Waals surface area (Å²) in [6.45, 7) is 2.68. The molecule has 1 aromatic rings. The molecule has 0 radical (unpaired) electrons. The van der Waals surface area contributed by atoms with Gasteiger partial charge in [0.25, 0.3) is 5.91 Å². The van der Waals surface area contributed by atoms with E-state index in [9.17, 15) is 9.90 Å². The fraction of sp³-hybridized carbons (Fsp3) is 0.533. The molecule has 1 atom stereocenters. The van der Waals surface area contributed by atoms with E-state index in [-0.39, 0.29) is 11.7 Å². The van der Waals surface area contributed by atoms with Gasteiger partial charge in [-0.1, -0.05) is 0 Å². The minimum absolute atomic E-state index is 0.0783. The van der Waals surface area contributed by atoms with Crippen molar-refractivity contribution in [2.45, 2.75) is 38.6 Å². The summed E-state index contributed by atoms with van der Waals surface area (Å²) in [6.07, 6.45) is 4.06. The second-order valence-corrected chi connectivity index (χ2v) is 5.50. The Bertz CT molecular complexity index is 461. The molecule has 1 N–H and O–H groups in total. The Morgan fingerprint density at radius 2 is 2.32 bits per heavy atom. The molecule has 2 rings (SSSR count). The van der Waals surface area contributed by atoms with Crippen LogP contribution in [0.4, 0.5) is 0 Å². The third-order valence-corrected chi connectivity index (χ3v) is 4.02. The van der Waals surface area contributed by atoms with Crippen molar-refractivity contribution in [2.75, 3.05) is 12.4 Å². The number of alkyl halides is 1. The van der Waals surface area contributed by atoms with Gasteiger partial charge < -0.3 is 10.0 Å². The van der Waals surface area contributed by atoms with Crippen LogP contribution in [-0.4, -0.2) is 34.4 Å². The highest BCUT2D eigenvalue weighted by Crippen LogP contribution is 2.25. The van der Waals surface area contributed by atoms with E-state index >= 15 is 0 Å². The molecule has 1 unspecified atom stereocenters. The quantitative estimate of drug-likeness (QED) is 0.860. The molecule has 104 valence electrons. The van der Waals surface area contributed by atoms with Gasteiger partial charge in [0.1, 0.15) is 5.75 Å². The summed E-state index contributed by atoms with van der Waals surface area (Å²) in [4.78, 5) is 14.5. The van der Waals surface area contributed by atoms with E-state index in [0.29, 0.717) is 17.5 Å². The maximum absolute atomic E-state index is 12.6. The Morgan fingerprint density at radius 3 is 3.00 bits per heavy atom. The number of carbonyl (C=O) groups is 1. The van der Waals surface area contributed by atoms with E-state index in [0.717, 1.165) is 37.8 Å². The van der Waals surface area contributed by atoms with Gasteiger partial charge in [-0.25, -0.2) is 0 Å². The number of aromatic hydroxyl groups is 1. The molecule has 1 amide bonds. The molecule has 3 nitrogen and oxygen atoms in total. The van der Waals surface area contributed by atoms with E-state index in [2.05, 4.69) is 0 Å². The highest BCUT2D eigenvalue weighted by molar-refractivity contribution is 6.17. The topological polar surface area (TPSA) is 40.5 Å². The van der Waals surface area contributed by atoms with Crippen molar-refractivity contribution in [3.63, 3.8) is 0 Å². The lowest BCUT2D eigenvalue weighted by Gasteiger charge is -2.25. The molecule has 1 aliphatic heterocycles. The number of likely N-dealkylation sites (tertiary alicyclic amines) is 1. The fourth-order valence-electron chi connectivity index (χ4n) is 2.76. The Labute approximate surface area is 119 Å². The summed E-state index contributed by atoms with van der Waals surface area (Å²) in [5, 5.41) is 9.41. The van der Waals surface area contributed by atoms with Crippen LogP contribution in [-0.2, 0) is 0 Å². The first kappa shape index (κ1) is 14.2. The third-order valence-electron chi connectivity index (χ3n) is 3.75. The van der Waals surface area contributed by atoms with E-state index < -0.39 is 0 Å². The van der Waals surface area contributed by atoms with E-state index in [1.54, 1.807) is 18.2 Å². The number of carbonyl (C=O) groups excluding carboxylic acids is 1. The van der Waals surface area contributed by atoms with Gasteiger partial charge in [-0.3, -0.25) is 4.79 Å². The molecular formula is C15H20ClNO2. The number of nitrogens with zero attached hydrogens (tertiary/aromatic N) is 1. The first-order valence-corrected chi connectivity index (χ1v) is 7.33. The molecule has 19 heavy (non-hydrogen) atoms. The normalized spacial score (nSPS) is 18.8. The monoisotopic (exact) mass is 281 g/mol. The molecular weight excluding hydrogens is 262 g/mol. The molecule has 4 heteroatoms. The van der Waals surface area contributed by atoms with Gasteiger partial charge in [0.15, 0.2) is 0 Å². The number of benzene rings is 1. The van der Waals surface area contributed by atoms with Crippen LogP contribution in [0, 0.1) is 6.92 Å². The van der Waals surface area contributed by atoms with Gasteiger partial charge in [0.05, 0.1) is 0 Å². The van der Waals surface area contributed by atoms with Gasteiger partial charge in [-0.15, -0.1) is 11.6 Å². The zero-order valence-corrected chi connectivity index (χ0v) is 12.0. The van der Waals surface area contributed by atoms with Crippen LogP contribution in [0.2, 0.25) is 0 Å². The number of halogens is 1. The van der Waals surface area contributed by atoms with Crippen molar-refractivity contribution in [3.05, 3.63) is 29.3 Å². The minimum Gasteiger partial charge on any atom is -0.508 e. The summed E-state index contributed by atoms with van der Waals surface area (Å²) in [7, 11) is 0. The maximum atomic E-state index is 12.6. The fourth-order valence-corrected chi connectivity index (χ4v) is 2.91. The average Bonchev–Trinajstić information content (AvgIpc) is 2.83. The third kappa shape index (κ3) is 3.21. The Kier molecular flexibility index (Phi) is 4.70. The van der Waals surface area contributed by atoms with Crippen LogP contribution in [0.3, 0.4) is 0 Å². The van der Waals surface area contributed by atoms with Gasteiger partial charge in [-0.05, 0) is 56.4 Å². The highest BCUT2D eigenvalue weighted by Gasteiger charge is 2.29. The van der Waals surface area contributed by atoms with Crippen molar-refractivity contribution < 1.29 is 9.90 Å². The van der Waals surface area contributed by atoms with Crippen LogP contribution in [0.1, 0.15) is 41.6 Å². The minimum atomic E-state index is 0.0783. The highest BCUT2D eigenvalue weighted by atomic mass is 35.5. The van der Waals surface area contributed by atoms with Gasteiger partial charge in [0, 0.05) is 24.0 Å². The molecule has 1 saturated heterocycles. The number of rotatable bonds is 4. The van der Waals surface area contributed by atoms with Crippen molar-refractivity contribution in [3.8, 4) is 5.75 Å². The lowest BCUT2D eigenvalue weighted by atomic mass is 10.1. The summed E-state index contributed by atoms with van der Waals surface area (Å²) >= 11 is 5.74. The second kappa shape index (κ2) is 6.29. The lowest BCUT2D eigenvalue weighted by molar-refractivity contribution is 0.0729. The lowest BCUT2D eigenvalue weighted by Crippen LogP contribution is -2.35. The Hall–Kier alpha value is -1.22. The first-order chi connectivity index (χ1) is 9.13. The molecule has 0 bridgehead atoms. The predicted octanol–water partition coefficient (Wildman–Crippen LogP) is 3.32. The number of phenols is 1. The number of phenolic OH excluding ortho intramolecular Hbond substituents is 1. The molecule has 0 aromatic heterocycles. The van der Waals surface area contributed by atoms with Crippen molar-refractivity contribution in [2.24, 2.45) is 0 Å². The van der Waals surface area contributed by atoms with E-state index in [1.807, 2.05) is 11.8 Å². The van der Waals surface area contributed by atoms with Gasteiger partial charge in [0.2, 0.25) is 0 Å². The number of hydrogen-bond donors (Lipinski definition) is 1. The van der Waals surface area contributed by atoms with Crippen molar-refractivity contribution >= 4 is 17.5 Å². The number of hydrogen-bond acceptors (Lipinski definition) is 2. The average molecular weight is 282 g/mol. The van der Waals surface area contributed by atoms with Crippen LogP contribution >= 0.6 is 11.6 Å². The summed E-state index contributed by atoms with van der Waals surface area (Å²) < 4.78 is 0. The summed E-state index contributed by atoms with van der Waals surface area (Å²) in [5.74, 6) is 0.931. The van der Waals surface area contributed by atoms with E-state index in [1.165, 1.54) is 0 Å². The Morgan fingerprint density at radius 1 is 1.53 bits per heavy atom. The maximum Gasteiger partial charge on any atom is 0.254 e. The predicted molar refractivity (Wildman–Crippen MR) is 76.9 cm³/mol. The van der Waals surface area contributed by atoms with Crippen LogP contribution in [0.25, 0.3) is 0 Å². The van der Waals surface area contributed by atoms with Crippen LogP contribution in [0.5, 0.6) is 5.75 Å². The smallest absolute Gasteiger partial charge is 0.254 e. The summed E-state index contributed by atoms with van der Waals surface area (Å²) in [6, 6.07) is 5.24. The van der Waals surface area contributed by atoms with Crippen LogP contribution < -0.4 is 0 Å². The van der Waals surface area contributed by atoms with Gasteiger partial charge >= 0.3 is 0 Å². The molecule has 0 spiro atoms. The van der Waals surface area contributed by atoms with Crippen molar-refractivity contribution in [1.29, 1.82) is 0 Å². The van der Waals surface area contributed by atoms with Crippen LogP contribution in [0.15, 0.2) is 18.2 Å². The largest absolute Gasteiger partial charge is 0.508 e. The molecule has 1 fully saturated rings. The molecule has 1 aliphatic rings. The zero-order chi connectivity index (χ0) is 13.8. The Balaban J connectivity index is 2.13. The number of aryl methyl sites for hydroxylation is 1. The SMILES string of the molecule is Cc1cc(O)ccc1C(=O)N1CCCC1CCCCl. The second-order valence-electron chi connectivity index (χ2n) is 5.13. The van der Waals surface area contributed by atoms with Gasteiger partial charge in [-0.2, -0.15) is 0 Å². The molecule has 1 heterocycles. The standard InChI is InChI=1S/C15H20ClNO2/c1-11-10-13(18)6-7-14(11)15(19)17-9-3-5-12(17)4-2-8-16/h6-7,10,12,18H,2-5,8-9H2,1H3. The molecule has 1 aromatic carbocycles. The van der Waals surface area contributed by atoms with E-state index in [4.69, 9.17) is 11.6 Å². The molecule has 0 saturated carbocycles. The summed E-state index contributed by atoms with van der Waals surface area (Å²) in [5.41, 5.74) is 1.52.